The quantitative estimate of drug-likeness (QED) is 0.821. The van der Waals surface area contributed by atoms with Crippen molar-refractivity contribution < 1.29 is 4.74 Å². The molecule has 1 aromatic carbocycles. The summed E-state index contributed by atoms with van der Waals surface area (Å²) in [6.45, 7) is 0. The fraction of sp³-hybridized carbons (Fsp3) is 0.571. The Hall–Kier alpha value is -1.02. The third kappa shape index (κ3) is 2.56. The van der Waals surface area contributed by atoms with Crippen LogP contribution in [0.2, 0.25) is 0 Å². The SMILES string of the molecule is CNC(CC1CCC1)c1cccc(OC)c1. The van der Waals surface area contributed by atoms with Gasteiger partial charge in [-0.1, -0.05) is 31.4 Å². The zero-order chi connectivity index (χ0) is 11.4. The van der Waals surface area contributed by atoms with Gasteiger partial charge in [-0.3, -0.25) is 0 Å². The third-order valence-electron chi connectivity index (χ3n) is 3.64. The highest BCUT2D eigenvalue weighted by molar-refractivity contribution is 5.30. The van der Waals surface area contributed by atoms with Crippen LogP contribution >= 0.6 is 0 Å². The molecule has 0 radical (unpaired) electrons. The van der Waals surface area contributed by atoms with Crippen molar-refractivity contribution in [2.45, 2.75) is 31.7 Å². The smallest absolute Gasteiger partial charge is 0.119 e. The molecule has 1 fully saturated rings. The van der Waals surface area contributed by atoms with Gasteiger partial charge >= 0.3 is 0 Å². The summed E-state index contributed by atoms with van der Waals surface area (Å²) in [7, 11) is 3.77. The van der Waals surface area contributed by atoms with E-state index in [-0.39, 0.29) is 0 Å². The van der Waals surface area contributed by atoms with Gasteiger partial charge in [0.05, 0.1) is 7.11 Å². The highest BCUT2D eigenvalue weighted by Crippen LogP contribution is 2.35. The molecular formula is C14H21NO. The van der Waals surface area contributed by atoms with Gasteiger partial charge in [0, 0.05) is 6.04 Å². The summed E-state index contributed by atoms with van der Waals surface area (Å²) in [6.07, 6.45) is 5.48. The van der Waals surface area contributed by atoms with Gasteiger partial charge in [0.25, 0.3) is 0 Å². The van der Waals surface area contributed by atoms with E-state index in [1.165, 1.54) is 31.2 Å². The van der Waals surface area contributed by atoms with Crippen LogP contribution in [0.5, 0.6) is 5.75 Å². The summed E-state index contributed by atoms with van der Waals surface area (Å²) in [6, 6.07) is 8.86. The maximum atomic E-state index is 5.27. The lowest BCUT2D eigenvalue weighted by Gasteiger charge is -2.29. The molecule has 2 rings (SSSR count). The fourth-order valence-corrected chi connectivity index (χ4v) is 2.34. The van der Waals surface area contributed by atoms with Crippen molar-refractivity contribution in [1.29, 1.82) is 0 Å². The van der Waals surface area contributed by atoms with E-state index in [1.54, 1.807) is 7.11 Å². The number of nitrogens with one attached hydrogen (secondary N) is 1. The summed E-state index contributed by atoms with van der Waals surface area (Å²) in [4.78, 5) is 0. The maximum absolute atomic E-state index is 5.27. The minimum absolute atomic E-state index is 0.473. The number of hydrogen-bond acceptors (Lipinski definition) is 2. The van der Waals surface area contributed by atoms with Crippen molar-refractivity contribution in [2.75, 3.05) is 14.2 Å². The third-order valence-corrected chi connectivity index (χ3v) is 3.64. The second kappa shape index (κ2) is 5.35. The van der Waals surface area contributed by atoms with Gasteiger partial charge in [-0.2, -0.15) is 0 Å². The Morgan fingerprint density at radius 1 is 1.44 bits per heavy atom. The molecule has 16 heavy (non-hydrogen) atoms. The molecule has 0 saturated heterocycles. The monoisotopic (exact) mass is 219 g/mol. The fourth-order valence-electron chi connectivity index (χ4n) is 2.34. The molecule has 0 aromatic heterocycles. The molecule has 1 aliphatic carbocycles. The molecule has 2 heteroatoms. The molecule has 1 aliphatic rings. The molecule has 1 unspecified atom stereocenters. The van der Waals surface area contributed by atoms with Crippen molar-refractivity contribution in [3.63, 3.8) is 0 Å². The van der Waals surface area contributed by atoms with E-state index in [1.807, 2.05) is 13.1 Å². The van der Waals surface area contributed by atoms with E-state index in [4.69, 9.17) is 4.74 Å². The van der Waals surface area contributed by atoms with Gasteiger partial charge in [-0.25, -0.2) is 0 Å². The Balaban J connectivity index is 2.05. The number of rotatable bonds is 5. The van der Waals surface area contributed by atoms with E-state index >= 15 is 0 Å². The summed E-state index contributed by atoms with van der Waals surface area (Å²) in [5, 5.41) is 3.41. The lowest BCUT2D eigenvalue weighted by molar-refractivity contribution is 0.265. The van der Waals surface area contributed by atoms with Crippen LogP contribution in [0.25, 0.3) is 0 Å². The predicted molar refractivity (Wildman–Crippen MR) is 66.8 cm³/mol. The lowest BCUT2D eigenvalue weighted by Crippen LogP contribution is -2.23. The number of methoxy groups -OCH3 is 1. The second-order valence-electron chi connectivity index (χ2n) is 4.65. The van der Waals surface area contributed by atoms with Crippen LogP contribution in [-0.2, 0) is 0 Å². The van der Waals surface area contributed by atoms with Crippen LogP contribution in [0.1, 0.15) is 37.3 Å². The van der Waals surface area contributed by atoms with Crippen molar-refractivity contribution in [3.05, 3.63) is 29.8 Å². The first-order valence-electron chi connectivity index (χ1n) is 6.14. The molecule has 2 nitrogen and oxygen atoms in total. The van der Waals surface area contributed by atoms with Gasteiger partial charge < -0.3 is 10.1 Å². The lowest BCUT2D eigenvalue weighted by atomic mass is 9.79. The van der Waals surface area contributed by atoms with Gasteiger partial charge in [-0.15, -0.1) is 0 Å². The van der Waals surface area contributed by atoms with Crippen molar-refractivity contribution in [2.24, 2.45) is 5.92 Å². The molecule has 0 bridgehead atoms. The van der Waals surface area contributed by atoms with Crippen LogP contribution in [0.4, 0.5) is 0 Å². The Bertz CT molecular complexity index is 333. The Morgan fingerprint density at radius 2 is 2.25 bits per heavy atom. The molecule has 1 N–H and O–H groups in total. The summed E-state index contributed by atoms with van der Waals surface area (Å²) in [5.41, 5.74) is 1.34. The summed E-state index contributed by atoms with van der Waals surface area (Å²) < 4.78 is 5.27. The van der Waals surface area contributed by atoms with Crippen LogP contribution in [-0.4, -0.2) is 14.2 Å². The van der Waals surface area contributed by atoms with E-state index in [0.717, 1.165) is 11.7 Å². The largest absolute Gasteiger partial charge is 0.497 e. The minimum atomic E-state index is 0.473. The average molecular weight is 219 g/mol. The molecule has 1 atom stereocenters. The standard InChI is InChI=1S/C14H21NO/c1-15-14(9-11-5-3-6-11)12-7-4-8-13(10-12)16-2/h4,7-8,10-11,14-15H,3,5-6,9H2,1-2H3. The Morgan fingerprint density at radius 3 is 2.81 bits per heavy atom. The van der Waals surface area contributed by atoms with Crippen molar-refractivity contribution in [3.8, 4) is 5.75 Å². The highest BCUT2D eigenvalue weighted by Gasteiger charge is 2.22. The average Bonchev–Trinajstić information content (AvgIpc) is 2.28. The zero-order valence-corrected chi connectivity index (χ0v) is 10.2. The molecule has 88 valence electrons. The van der Waals surface area contributed by atoms with Gasteiger partial charge in [0.15, 0.2) is 0 Å². The minimum Gasteiger partial charge on any atom is -0.497 e. The number of hydrogen-bond donors (Lipinski definition) is 1. The molecule has 1 aromatic rings. The Kier molecular flexibility index (Phi) is 3.83. The number of benzene rings is 1. The molecule has 0 spiro atoms. The van der Waals surface area contributed by atoms with Crippen molar-refractivity contribution >= 4 is 0 Å². The Labute approximate surface area is 98.0 Å². The number of ether oxygens (including phenoxy) is 1. The summed E-state index contributed by atoms with van der Waals surface area (Å²) in [5.74, 6) is 1.87. The second-order valence-corrected chi connectivity index (χ2v) is 4.65. The van der Waals surface area contributed by atoms with E-state index in [9.17, 15) is 0 Å². The predicted octanol–water partition coefficient (Wildman–Crippen LogP) is 3.15. The summed E-state index contributed by atoms with van der Waals surface area (Å²) >= 11 is 0. The van der Waals surface area contributed by atoms with E-state index in [2.05, 4.69) is 23.5 Å². The highest BCUT2D eigenvalue weighted by atomic mass is 16.5. The first-order chi connectivity index (χ1) is 7.83. The molecule has 0 aliphatic heterocycles. The van der Waals surface area contributed by atoms with Crippen LogP contribution in [0.3, 0.4) is 0 Å². The van der Waals surface area contributed by atoms with Crippen LogP contribution in [0.15, 0.2) is 24.3 Å². The zero-order valence-electron chi connectivity index (χ0n) is 10.2. The molecule has 0 heterocycles. The van der Waals surface area contributed by atoms with Crippen LogP contribution < -0.4 is 10.1 Å². The van der Waals surface area contributed by atoms with Gasteiger partial charge in [-0.05, 0) is 37.1 Å². The van der Waals surface area contributed by atoms with E-state index in [0.29, 0.717) is 6.04 Å². The van der Waals surface area contributed by atoms with Crippen molar-refractivity contribution in [1.82, 2.24) is 5.32 Å². The molecule has 1 saturated carbocycles. The van der Waals surface area contributed by atoms with E-state index < -0.39 is 0 Å². The maximum Gasteiger partial charge on any atom is 0.119 e. The normalized spacial score (nSPS) is 17.9. The van der Waals surface area contributed by atoms with Gasteiger partial charge in [0.2, 0.25) is 0 Å². The van der Waals surface area contributed by atoms with Crippen LogP contribution in [0, 0.1) is 5.92 Å². The molecular weight excluding hydrogens is 198 g/mol. The topological polar surface area (TPSA) is 21.3 Å². The van der Waals surface area contributed by atoms with Gasteiger partial charge in [0.1, 0.15) is 5.75 Å². The first-order valence-corrected chi connectivity index (χ1v) is 6.14. The first kappa shape index (κ1) is 11.5. The molecule has 0 amide bonds.